The lowest BCUT2D eigenvalue weighted by molar-refractivity contribution is -0.137. The summed E-state index contributed by atoms with van der Waals surface area (Å²) in [5.41, 5.74) is 1.98. The number of ether oxygens (including phenoxy) is 1. The molecule has 0 radical (unpaired) electrons. The quantitative estimate of drug-likeness (QED) is 0.638. The van der Waals surface area contributed by atoms with Crippen LogP contribution in [0, 0.1) is 6.92 Å². The zero-order chi connectivity index (χ0) is 19.4. The average Bonchev–Trinajstić information content (AvgIpc) is 3.11. The highest BCUT2D eigenvalue weighted by Crippen LogP contribution is 2.24. The number of hydrogen-bond donors (Lipinski definition) is 0. The van der Waals surface area contributed by atoms with Gasteiger partial charge in [0.1, 0.15) is 5.75 Å². The van der Waals surface area contributed by atoms with E-state index in [-0.39, 0.29) is 12.5 Å². The van der Waals surface area contributed by atoms with Crippen LogP contribution in [0.2, 0.25) is 5.02 Å². The molecule has 0 aliphatic rings. The third-order valence-electron chi connectivity index (χ3n) is 3.98. The minimum atomic E-state index is -0.700. The first-order valence-corrected chi connectivity index (χ1v) is 8.87. The second kappa shape index (κ2) is 8.22. The highest BCUT2D eigenvalue weighted by atomic mass is 35.5. The van der Waals surface area contributed by atoms with Crippen molar-refractivity contribution in [3.63, 3.8) is 0 Å². The molecule has 27 heavy (non-hydrogen) atoms. The van der Waals surface area contributed by atoms with E-state index in [0.29, 0.717) is 22.5 Å². The Morgan fingerprint density at radius 2 is 2.04 bits per heavy atom. The number of rotatable bonds is 6. The van der Waals surface area contributed by atoms with Crippen LogP contribution in [0.3, 0.4) is 0 Å². The molecule has 7 heteroatoms. The first-order chi connectivity index (χ1) is 12.9. The summed E-state index contributed by atoms with van der Waals surface area (Å²) >= 11 is 6.07. The van der Waals surface area contributed by atoms with Crippen LogP contribution in [-0.4, -0.2) is 34.1 Å². The van der Waals surface area contributed by atoms with E-state index in [4.69, 9.17) is 20.9 Å². The minimum Gasteiger partial charge on any atom is -0.479 e. The van der Waals surface area contributed by atoms with E-state index in [2.05, 4.69) is 10.1 Å². The van der Waals surface area contributed by atoms with Crippen LogP contribution in [0.5, 0.6) is 5.75 Å². The lowest BCUT2D eigenvalue weighted by Crippen LogP contribution is -2.37. The van der Waals surface area contributed by atoms with E-state index in [1.807, 2.05) is 31.2 Å². The van der Waals surface area contributed by atoms with Gasteiger partial charge in [0, 0.05) is 12.6 Å². The largest absolute Gasteiger partial charge is 0.479 e. The molecule has 2 aromatic carbocycles. The number of hydrogen-bond acceptors (Lipinski definition) is 5. The molecule has 0 fully saturated rings. The van der Waals surface area contributed by atoms with E-state index in [9.17, 15) is 4.79 Å². The van der Waals surface area contributed by atoms with Crippen molar-refractivity contribution in [3.05, 3.63) is 65.0 Å². The molecule has 6 nitrogen and oxygen atoms in total. The van der Waals surface area contributed by atoms with Crippen LogP contribution in [0.1, 0.15) is 18.4 Å². The molecule has 1 atom stereocenters. The third kappa shape index (κ3) is 4.65. The molecule has 0 saturated heterocycles. The standard InChI is InChI=1S/C20H20ClN3O3/c1-13-7-6-8-15(11-13)19-22-18(27-23-19)12-24(3)20(25)14(2)26-17-10-5-4-9-16(17)21/h4-11,14H,12H2,1-3H3. The van der Waals surface area contributed by atoms with Gasteiger partial charge >= 0.3 is 0 Å². The van der Waals surface area contributed by atoms with E-state index in [0.717, 1.165) is 11.1 Å². The second-order valence-electron chi connectivity index (χ2n) is 6.27. The topological polar surface area (TPSA) is 68.5 Å². The Hall–Kier alpha value is -2.86. The molecule has 0 bridgehead atoms. The molecule has 0 spiro atoms. The summed E-state index contributed by atoms with van der Waals surface area (Å²) in [6, 6.07) is 14.9. The van der Waals surface area contributed by atoms with Crippen molar-refractivity contribution in [2.75, 3.05) is 7.05 Å². The second-order valence-corrected chi connectivity index (χ2v) is 6.67. The number of aryl methyl sites for hydroxylation is 1. The molecular weight excluding hydrogens is 366 g/mol. The van der Waals surface area contributed by atoms with Gasteiger partial charge in [-0.05, 0) is 32.0 Å². The van der Waals surface area contributed by atoms with Crippen molar-refractivity contribution < 1.29 is 14.1 Å². The summed E-state index contributed by atoms with van der Waals surface area (Å²) in [5, 5.41) is 4.45. The summed E-state index contributed by atoms with van der Waals surface area (Å²) in [6.45, 7) is 3.86. The fraction of sp³-hybridized carbons (Fsp3) is 0.250. The Bertz CT molecular complexity index is 941. The number of halogens is 1. The fourth-order valence-corrected chi connectivity index (χ4v) is 2.77. The van der Waals surface area contributed by atoms with Gasteiger partial charge in [-0.2, -0.15) is 4.98 Å². The summed E-state index contributed by atoms with van der Waals surface area (Å²) in [7, 11) is 1.66. The number of benzene rings is 2. The zero-order valence-electron chi connectivity index (χ0n) is 15.3. The van der Waals surface area contributed by atoms with Crippen molar-refractivity contribution in [1.82, 2.24) is 15.0 Å². The highest BCUT2D eigenvalue weighted by molar-refractivity contribution is 6.32. The van der Waals surface area contributed by atoms with Crippen LogP contribution in [0.15, 0.2) is 53.1 Å². The molecule has 1 aromatic heterocycles. The number of likely N-dealkylation sites (N-methyl/N-ethyl adjacent to an activating group) is 1. The predicted molar refractivity (Wildman–Crippen MR) is 102 cm³/mol. The van der Waals surface area contributed by atoms with Crippen LogP contribution in [0.4, 0.5) is 0 Å². The Balaban J connectivity index is 1.64. The smallest absolute Gasteiger partial charge is 0.263 e. The van der Waals surface area contributed by atoms with Crippen molar-refractivity contribution >= 4 is 17.5 Å². The molecule has 0 aliphatic carbocycles. The monoisotopic (exact) mass is 385 g/mol. The van der Waals surface area contributed by atoms with Crippen molar-refractivity contribution in [2.24, 2.45) is 0 Å². The van der Waals surface area contributed by atoms with Gasteiger partial charge in [0.05, 0.1) is 11.6 Å². The summed E-state index contributed by atoms with van der Waals surface area (Å²) in [5.74, 6) is 1.10. The van der Waals surface area contributed by atoms with Gasteiger partial charge in [-0.15, -0.1) is 0 Å². The molecular formula is C20H20ClN3O3. The van der Waals surface area contributed by atoms with Crippen LogP contribution < -0.4 is 4.74 Å². The molecule has 0 saturated carbocycles. The third-order valence-corrected chi connectivity index (χ3v) is 4.29. The minimum absolute atomic E-state index is 0.188. The van der Waals surface area contributed by atoms with Gasteiger partial charge < -0.3 is 14.2 Å². The van der Waals surface area contributed by atoms with Gasteiger partial charge in [0.2, 0.25) is 11.7 Å². The van der Waals surface area contributed by atoms with Gasteiger partial charge in [0.15, 0.2) is 6.10 Å². The van der Waals surface area contributed by atoms with Crippen molar-refractivity contribution in [1.29, 1.82) is 0 Å². The number of aromatic nitrogens is 2. The lowest BCUT2D eigenvalue weighted by atomic mass is 10.1. The fourth-order valence-electron chi connectivity index (χ4n) is 2.59. The van der Waals surface area contributed by atoms with E-state index in [1.165, 1.54) is 4.90 Å². The van der Waals surface area contributed by atoms with Gasteiger partial charge in [-0.3, -0.25) is 4.79 Å². The number of carbonyl (C=O) groups excluding carboxylic acids is 1. The summed E-state index contributed by atoms with van der Waals surface area (Å²) < 4.78 is 10.9. The van der Waals surface area contributed by atoms with Gasteiger partial charge in [-0.25, -0.2) is 0 Å². The SMILES string of the molecule is Cc1cccc(-c2noc(CN(C)C(=O)C(C)Oc3ccccc3Cl)n2)c1. The Kier molecular flexibility index (Phi) is 5.76. The number of nitrogens with zero attached hydrogens (tertiary/aromatic N) is 3. The Morgan fingerprint density at radius 1 is 1.26 bits per heavy atom. The van der Waals surface area contributed by atoms with Crippen LogP contribution in [0.25, 0.3) is 11.4 Å². The maximum atomic E-state index is 12.6. The van der Waals surface area contributed by atoms with Crippen LogP contribution >= 0.6 is 11.6 Å². The van der Waals surface area contributed by atoms with E-state index >= 15 is 0 Å². The highest BCUT2D eigenvalue weighted by Gasteiger charge is 2.22. The maximum absolute atomic E-state index is 12.6. The first kappa shape index (κ1) is 18.9. The average molecular weight is 386 g/mol. The summed E-state index contributed by atoms with van der Waals surface area (Å²) in [6.07, 6.45) is -0.700. The predicted octanol–water partition coefficient (Wildman–Crippen LogP) is 4.12. The van der Waals surface area contributed by atoms with Crippen LogP contribution in [-0.2, 0) is 11.3 Å². The lowest BCUT2D eigenvalue weighted by Gasteiger charge is -2.21. The maximum Gasteiger partial charge on any atom is 0.263 e. The van der Waals surface area contributed by atoms with Gasteiger partial charge in [0.25, 0.3) is 5.91 Å². The molecule has 3 rings (SSSR count). The van der Waals surface area contributed by atoms with Crippen molar-refractivity contribution in [3.8, 4) is 17.1 Å². The first-order valence-electron chi connectivity index (χ1n) is 8.50. The zero-order valence-corrected chi connectivity index (χ0v) is 16.1. The van der Waals surface area contributed by atoms with E-state index < -0.39 is 6.10 Å². The van der Waals surface area contributed by atoms with Gasteiger partial charge in [-0.1, -0.05) is 52.7 Å². The molecule has 1 heterocycles. The molecule has 3 aromatic rings. The molecule has 140 valence electrons. The molecule has 0 aliphatic heterocycles. The number of carbonyl (C=O) groups is 1. The normalized spacial score (nSPS) is 11.9. The Labute approximate surface area is 162 Å². The molecule has 1 unspecified atom stereocenters. The van der Waals surface area contributed by atoms with Crippen molar-refractivity contribution in [2.45, 2.75) is 26.5 Å². The summed E-state index contributed by atoms with van der Waals surface area (Å²) in [4.78, 5) is 18.4. The Morgan fingerprint density at radius 3 is 2.78 bits per heavy atom. The molecule has 0 N–H and O–H groups in total. The number of para-hydroxylation sites is 1. The number of amides is 1. The molecule has 1 amide bonds. The van der Waals surface area contributed by atoms with E-state index in [1.54, 1.807) is 38.2 Å².